The number of carboxylic acid groups (broad SMARTS) is 1. The van der Waals surface area contributed by atoms with Crippen molar-refractivity contribution in [2.75, 3.05) is 6.61 Å². The minimum atomic E-state index is -1.13. The van der Waals surface area contributed by atoms with Crippen LogP contribution in [0.3, 0.4) is 0 Å². The van der Waals surface area contributed by atoms with Crippen LogP contribution in [0.5, 0.6) is 5.75 Å². The highest BCUT2D eigenvalue weighted by Crippen LogP contribution is 2.31. The van der Waals surface area contributed by atoms with Gasteiger partial charge in [-0.15, -0.1) is 0 Å². The van der Waals surface area contributed by atoms with Crippen LogP contribution in [0, 0.1) is 11.7 Å². The summed E-state index contributed by atoms with van der Waals surface area (Å²) in [5.41, 5.74) is 1.36. The third-order valence-corrected chi connectivity index (χ3v) is 3.27. The van der Waals surface area contributed by atoms with Crippen molar-refractivity contribution in [1.82, 2.24) is 5.32 Å². The summed E-state index contributed by atoms with van der Waals surface area (Å²) in [6.45, 7) is 1.77. The number of ether oxygens (including phenoxy) is 1. The Bertz CT molecular complexity index is 532. The van der Waals surface area contributed by atoms with Crippen molar-refractivity contribution in [1.29, 1.82) is 0 Å². The summed E-state index contributed by atoms with van der Waals surface area (Å²) in [4.78, 5) is 21.2. The zero-order chi connectivity index (χ0) is 14.7. The van der Waals surface area contributed by atoms with E-state index in [9.17, 15) is 14.0 Å². The van der Waals surface area contributed by atoms with Crippen LogP contribution in [0.1, 0.15) is 18.1 Å². The van der Waals surface area contributed by atoms with E-state index in [4.69, 9.17) is 9.84 Å². The Kier molecular flexibility index (Phi) is 4.22. The molecule has 1 unspecified atom stereocenters. The average Bonchev–Trinajstić information content (AvgIpc) is 2.79. The summed E-state index contributed by atoms with van der Waals surface area (Å²) in [6, 6.07) is 2.60. The minimum Gasteiger partial charge on any atom is -0.491 e. The van der Waals surface area contributed by atoms with Gasteiger partial charge < -0.3 is 20.0 Å². The molecule has 2 atom stereocenters. The molecule has 0 aliphatic heterocycles. The van der Waals surface area contributed by atoms with E-state index in [1.165, 1.54) is 6.07 Å². The molecule has 0 saturated heterocycles. The average molecular weight is 281 g/mol. The molecule has 0 bridgehead atoms. The van der Waals surface area contributed by atoms with Crippen molar-refractivity contribution in [3.05, 3.63) is 29.1 Å². The second-order valence-corrected chi connectivity index (χ2v) is 5.01. The molecule has 0 heterocycles. The number of rotatable bonds is 5. The van der Waals surface area contributed by atoms with Crippen molar-refractivity contribution in [3.8, 4) is 5.75 Å². The second kappa shape index (κ2) is 5.90. The van der Waals surface area contributed by atoms with Crippen LogP contribution in [-0.4, -0.2) is 30.1 Å². The van der Waals surface area contributed by atoms with Crippen molar-refractivity contribution < 1.29 is 23.8 Å². The molecule has 1 aromatic carbocycles. The van der Waals surface area contributed by atoms with Gasteiger partial charge in [0.1, 0.15) is 24.5 Å². The number of carbonyl (C=O) groups excluding carboxylic acids is 1. The lowest BCUT2D eigenvalue weighted by atomic mass is 10.1. The van der Waals surface area contributed by atoms with Crippen molar-refractivity contribution >= 4 is 12.4 Å². The van der Waals surface area contributed by atoms with Gasteiger partial charge in [0.25, 0.3) is 0 Å². The molecule has 0 spiro atoms. The Morgan fingerprint density at radius 1 is 1.60 bits per heavy atom. The number of fused-ring (bicyclic) bond motifs is 1. The number of halogens is 1. The van der Waals surface area contributed by atoms with E-state index in [0.717, 1.165) is 11.8 Å². The summed E-state index contributed by atoms with van der Waals surface area (Å²) in [7, 11) is 0. The van der Waals surface area contributed by atoms with E-state index in [-0.39, 0.29) is 18.3 Å². The molecule has 0 aromatic heterocycles. The molecule has 1 aliphatic rings. The fourth-order valence-corrected chi connectivity index (χ4v) is 2.35. The molecule has 2 rings (SSSR count). The first kappa shape index (κ1) is 14.3. The summed E-state index contributed by atoms with van der Waals surface area (Å²) < 4.78 is 19.3. The van der Waals surface area contributed by atoms with Crippen LogP contribution >= 0.6 is 0 Å². The highest BCUT2D eigenvalue weighted by atomic mass is 19.1. The van der Waals surface area contributed by atoms with Crippen LogP contribution in [-0.2, 0) is 17.6 Å². The Hall–Kier alpha value is -2.11. The number of carbonyl (C=O) groups is 2. The molecular formula is C14H16FNO4. The third-order valence-electron chi connectivity index (χ3n) is 3.27. The summed E-state index contributed by atoms with van der Waals surface area (Å²) in [5.74, 6) is -0.185. The highest BCUT2D eigenvalue weighted by Gasteiger charge is 2.25. The molecule has 0 fully saturated rings. The van der Waals surface area contributed by atoms with Crippen molar-refractivity contribution in [2.24, 2.45) is 5.92 Å². The van der Waals surface area contributed by atoms with Gasteiger partial charge in [-0.3, -0.25) is 0 Å². The maximum Gasteiger partial charge on any atom is 0.404 e. The molecule has 0 saturated carbocycles. The molecule has 108 valence electrons. The van der Waals surface area contributed by atoms with E-state index in [0.29, 0.717) is 24.2 Å². The SMILES string of the molecule is C[C@@H](COc1cc(F)c2c(c1)CC(C=O)C2)NC(=O)O. The topological polar surface area (TPSA) is 75.6 Å². The van der Waals surface area contributed by atoms with Gasteiger partial charge in [0.05, 0.1) is 6.04 Å². The predicted molar refractivity (Wildman–Crippen MR) is 69.5 cm³/mol. The highest BCUT2D eigenvalue weighted by molar-refractivity contribution is 5.64. The van der Waals surface area contributed by atoms with Gasteiger partial charge in [-0.05, 0) is 37.0 Å². The summed E-state index contributed by atoms with van der Waals surface area (Å²) in [5, 5.41) is 10.8. The smallest absolute Gasteiger partial charge is 0.404 e. The Labute approximate surface area is 115 Å². The number of nitrogens with one attached hydrogen (secondary N) is 1. The molecule has 6 heteroatoms. The second-order valence-electron chi connectivity index (χ2n) is 5.01. The molecule has 2 N–H and O–H groups in total. The van der Waals surface area contributed by atoms with E-state index in [2.05, 4.69) is 5.32 Å². The van der Waals surface area contributed by atoms with Crippen molar-refractivity contribution in [3.63, 3.8) is 0 Å². The van der Waals surface area contributed by atoms with Crippen LogP contribution in [0.15, 0.2) is 12.1 Å². The molecule has 0 radical (unpaired) electrons. The zero-order valence-electron chi connectivity index (χ0n) is 11.1. The van der Waals surface area contributed by atoms with Crippen LogP contribution in [0.4, 0.5) is 9.18 Å². The van der Waals surface area contributed by atoms with E-state index in [1.807, 2.05) is 0 Å². The van der Waals surface area contributed by atoms with Gasteiger partial charge in [0.2, 0.25) is 0 Å². The molecule has 1 amide bonds. The lowest BCUT2D eigenvalue weighted by Crippen LogP contribution is -2.35. The van der Waals surface area contributed by atoms with Crippen LogP contribution < -0.4 is 10.1 Å². The molecule has 1 aliphatic carbocycles. The van der Waals surface area contributed by atoms with E-state index < -0.39 is 12.1 Å². The summed E-state index contributed by atoms with van der Waals surface area (Å²) in [6.07, 6.45) is 0.673. The van der Waals surface area contributed by atoms with Crippen LogP contribution in [0.25, 0.3) is 0 Å². The Balaban J connectivity index is 2.03. The first-order valence-electron chi connectivity index (χ1n) is 6.38. The number of benzene rings is 1. The van der Waals surface area contributed by atoms with E-state index >= 15 is 0 Å². The molecule has 20 heavy (non-hydrogen) atoms. The first-order chi connectivity index (χ1) is 9.49. The first-order valence-corrected chi connectivity index (χ1v) is 6.38. The zero-order valence-corrected chi connectivity index (χ0v) is 11.1. The standard InChI is InChI=1S/C14H16FNO4/c1-8(16-14(18)19)7-20-11-4-10-2-9(6-17)3-12(10)13(15)5-11/h4-6,8-9,16H,2-3,7H2,1H3,(H,18,19)/t8-,9?/m0/s1. The number of amides is 1. The maximum absolute atomic E-state index is 13.9. The summed E-state index contributed by atoms with van der Waals surface area (Å²) >= 11 is 0. The fraction of sp³-hybridized carbons (Fsp3) is 0.429. The van der Waals surface area contributed by atoms with Crippen molar-refractivity contribution in [2.45, 2.75) is 25.8 Å². The van der Waals surface area contributed by atoms with Gasteiger partial charge in [-0.1, -0.05) is 0 Å². The van der Waals surface area contributed by atoms with Gasteiger partial charge in [0, 0.05) is 12.0 Å². The molecule has 5 nitrogen and oxygen atoms in total. The minimum absolute atomic E-state index is 0.113. The number of hydrogen-bond acceptors (Lipinski definition) is 3. The fourth-order valence-electron chi connectivity index (χ4n) is 2.35. The molecule has 1 aromatic rings. The Morgan fingerprint density at radius 3 is 3.00 bits per heavy atom. The third kappa shape index (κ3) is 3.26. The maximum atomic E-state index is 13.9. The lowest BCUT2D eigenvalue weighted by molar-refractivity contribution is -0.110. The van der Waals surface area contributed by atoms with Gasteiger partial charge in [0.15, 0.2) is 0 Å². The largest absolute Gasteiger partial charge is 0.491 e. The monoisotopic (exact) mass is 281 g/mol. The number of hydrogen-bond donors (Lipinski definition) is 2. The lowest BCUT2D eigenvalue weighted by Gasteiger charge is -2.14. The van der Waals surface area contributed by atoms with Gasteiger partial charge in [-0.2, -0.15) is 0 Å². The molecular weight excluding hydrogens is 265 g/mol. The normalized spacial score (nSPS) is 18.2. The number of aldehydes is 1. The van der Waals surface area contributed by atoms with Crippen LogP contribution in [0.2, 0.25) is 0 Å². The van der Waals surface area contributed by atoms with Gasteiger partial charge >= 0.3 is 6.09 Å². The van der Waals surface area contributed by atoms with E-state index in [1.54, 1.807) is 13.0 Å². The Morgan fingerprint density at radius 2 is 2.35 bits per heavy atom. The quantitative estimate of drug-likeness (QED) is 0.807. The van der Waals surface area contributed by atoms with Gasteiger partial charge in [-0.25, -0.2) is 9.18 Å². The predicted octanol–water partition coefficient (Wildman–Crippen LogP) is 1.77.